The summed E-state index contributed by atoms with van der Waals surface area (Å²) >= 11 is 0. The van der Waals surface area contributed by atoms with Gasteiger partial charge in [0, 0.05) is 57.7 Å². The van der Waals surface area contributed by atoms with Crippen molar-refractivity contribution in [2.24, 2.45) is 53.3 Å². The van der Waals surface area contributed by atoms with Gasteiger partial charge in [-0.05, 0) is 170 Å². The fraction of sp³-hybridized carbons (Fsp3) is 0.732. The highest BCUT2D eigenvalue weighted by molar-refractivity contribution is 5.87. The zero-order valence-corrected chi connectivity index (χ0v) is 76.3. The Morgan fingerprint density at radius 3 is 1.11 bits per heavy atom. The number of carbonyl (C=O) groups is 9. The molecule has 0 radical (unpaired) electrons. The number of cyclic esters (lactones) is 2. The number of aliphatic hydroxyl groups excluding tert-OH is 2. The third-order valence-electron chi connectivity index (χ3n) is 21.8. The van der Waals surface area contributed by atoms with E-state index in [0.29, 0.717) is 74.0 Å². The fourth-order valence-corrected chi connectivity index (χ4v) is 15.1. The molecule has 27 heteroatoms. The number of rotatable bonds is 58. The molecular formula is C97H160O27. The van der Waals surface area contributed by atoms with Crippen molar-refractivity contribution in [2.45, 2.75) is 388 Å². The van der Waals surface area contributed by atoms with Gasteiger partial charge in [0.15, 0.2) is 12.2 Å². The number of allylic oxidation sites excluding steroid dienone is 9. The van der Waals surface area contributed by atoms with Crippen LogP contribution in [0.1, 0.15) is 386 Å². The van der Waals surface area contributed by atoms with Crippen LogP contribution in [-0.2, 0) is 76.6 Å². The molecule has 9 N–H and O–H groups in total. The van der Waals surface area contributed by atoms with E-state index >= 15 is 0 Å². The predicted molar refractivity (Wildman–Crippen MR) is 473 cm³/mol. The van der Waals surface area contributed by atoms with Crippen LogP contribution in [0.25, 0.3) is 0 Å². The first-order valence-corrected chi connectivity index (χ1v) is 46.1. The summed E-state index contributed by atoms with van der Waals surface area (Å²) in [6.45, 7) is 18.0. The molecule has 5 rings (SSSR count). The van der Waals surface area contributed by atoms with E-state index in [4.69, 9.17) is 74.7 Å². The van der Waals surface area contributed by atoms with E-state index in [0.717, 1.165) is 114 Å². The Labute approximate surface area is 740 Å². The molecule has 4 aliphatic rings. The second-order valence-corrected chi connectivity index (χ2v) is 31.9. The lowest BCUT2D eigenvalue weighted by Crippen LogP contribution is -2.40. The maximum Gasteiger partial charge on any atom is 0.373 e. The van der Waals surface area contributed by atoms with Crippen LogP contribution >= 0.6 is 0 Å². The summed E-state index contributed by atoms with van der Waals surface area (Å²) in [4.78, 5) is 142. The molecule has 1 saturated heterocycles. The first-order valence-electron chi connectivity index (χ1n) is 46.1. The molecule has 11 atom stereocenters. The molecule has 2 heterocycles. The van der Waals surface area contributed by atoms with E-state index in [-0.39, 0.29) is 43.8 Å². The van der Waals surface area contributed by atoms with Gasteiger partial charge in [-0.2, -0.15) is 28.8 Å². The van der Waals surface area contributed by atoms with Crippen molar-refractivity contribution in [3.8, 4) is 0 Å². The van der Waals surface area contributed by atoms with Gasteiger partial charge in [0.1, 0.15) is 0 Å². The maximum absolute atomic E-state index is 10.8. The highest BCUT2D eigenvalue weighted by Crippen LogP contribution is 2.48. The van der Waals surface area contributed by atoms with Gasteiger partial charge >= 0.3 is 72.2 Å². The van der Waals surface area contributed by atoms with Crippen molar-refractivity contribution in [1.29, 1.82) is 0 Å². The minimum Gasteiger partial charge on any atom is -0.481 e. The Hall–Kier alpha value is -8.73. The molecule has 0 aromatic carbocycles. The molecule has 1 aromatic rings. The molecule has 124 heavy (non-hydrogen) atoms. The molecule has 710 valence electrons. The van der Waals surface area contributed by atoms with Gasteiger partial charge in [0.05, 0.1) is 6.26 Å². The molecule has 0 saturated carbocycles. The minimum absolute atomic E-state index is 0.0231. The molecule has 1 aromatic heterocycles. The smallest absolute Gasteiger partial charge is 0.373 e. The van der Waals surface area contributed by atoms with Gasteiger partial charge in [-0.1, -0.05) is 281 Å². The van der Waals surface area contributed by atoms with E-state index in [2.05, 4.69) is 96.8 Å². The van der Waals surface area contributed by atoms with Gasteiger partial charge in [0.25, 0.3) is 0 Å². The normalized spacial score (nSPS) is 19.0. The number of carboxylic acids is 7. The Kier molecular flexibility index (Phi) is 90.4. The summed E-state index contributed by atoms with van der Waals surface area (Å²) in [7, 11) is 0. The molecule has 0 spiro atoms. The van der Waals surface area contributed by atoms with Crippen molar-refractivity contribution in [3.05, 3.63) is 84.9 Å². The standard InChI is InChI=1S/C36H64O4.C32H52O4.C9H18O2.C6H8O4.C5H4O3.C3H6O2.C3H8O2.3CO2/c1-3-5-7-17-23-31-29-30-32(24-18-13-12-16-22-28-36(39)40)34(33(31)25-19-8-6-4-2)26-20-14-10-9-11-15-21-27-35(37)38;1-3-5-16-25-21-22-28-23-26(17-12-8-6-10-14-19-31(33)34)27(24-30(28)29(25)4-2)18-13-9-7-11-15-20-32(35)36;1-2-3-4-5-6-7-8-9(10)11;1-3-5(7)10-4(2)6(8)9-3;6-5(7)4-2-1-3-8-4;1-2-3(4)5;4-2-1-3-5;3*2-1-3/h20,26,29-34H,3-19,21-25,27-28H2,1-2H3,(H,37,38)(H,39,40);4,21-22,24-29H,2-3,5-20,23H2,1H3,(H,33,34)(H,35,36);2-8H2,1H3,(H,10,11);3-4H,1-2H3;1-3H,(H,6,7);2H2,1H3,(H,4,5);4-5H,1-3H2;;;/b26-20-;;;;;;;;;. The Morgan fingerprint density at radius 2 is 0.758 bits per heavy atom. The number of ether oxygens (including phenoxy) is 2. The van der Waals surface area contributed by atoms with Crippen molar-refractivity contribution >= 4 is 72.2 Å². The van der Waals surface area contributed by atoms with E-state index in [1.54, 1.807) is 12.5 Å². The third-order valence-corrected chi connectivity index (χ3v) is 21.8. The van der Waals surface area contributed by atoms with Gasteiger partial charge in [-0.15, -0.1) is 6.58 Å². The van der Waals surface area contributed by atoms with Crippen LogP contribution in [0.5, 0.6) is 0 Å². The molecule has 27 nitrogen and oxygen atoms in total. The number of unbranched alkanes of at least 4 members (excludes halogenated alkanes) is 29. The quantitative estimate of drug-likeness (QED) is 0.0166. The van der Waals surface area contributed by atoms with Crippen molar-refractivity contribution < 1.29 is 132 Å². The average molecular weight is 1760 g/mol. The van der Waals surface area contributed by atoms with Crippen LogP contribution < -0.4 is 0 Å². The number of aliphatic carboxylic acids is 6. The van der Waals surface area contributed by atoms with Crippen LogP contribution in [-0.4, -0.2) is 144 Å². The van der Waals surface area contributed by atoms with Crippen molar-refractivity contribution in [3.63, 3.8) is 0 Å². The maximum atomic E-state index is 10.8. The SMILES string of the molecule is C=CC1C2=CC(CCCCCCCC(=O)O)C(CCCCCCCC(=O)O)CC2C=CC1CCCC.CC1OC(=O)C(C)OC1=O.CCC(=O)O.CCCCCCC1C=CC(CCCCCCCC(=O)O)C(/C=C\CCCCCCCC(=O)O)C1CCCCCC.CCCCCCCCC(=O)O.O=C(O)c1ccco1.O=C=O.O=C=O.O=C=O.OCCCO. The number of carboxylic acid groups (broad SMARTS) is 7. The Balaban J connectivity index is -0.000000499. The number of furan rings is 1. The summed E-state index contributed by atoms with van der Waals surface area (Å²) < 4.78 is 13.7. The van der Waals surface area contributed by atoms with Gasteiger partial charge in [-0.3, -0.25) is 28.8 Å². The monoisotopic (exact) mass is 1760 g/mol. The van der Waals surface area contributed by atoms with Crippen molar-refractivity contribution in [2.75, 3.05) is 13.2 Å². The van der Waals surface area contributed by atoms with Crippen LogP contribution in [0.4, 0.5) is 0 Å². The number of aromatic carboxylic acids is 1. The number of esters is 2. The summed E-state index contributed by atoms with van der Waals surface area (Å²) in [6.07, 6.45) is 74.8. The second-order valence-electron chi connectivity index (χ2n) is 31.9. The van der Waals surface area contributed by atoms with Crippen LogP contribution in [0, 0.1) is 53.3 Å². The fourth-order valence-electron chi connectivity index (χ4n) is 15.1. The van der Waals surface area contributed by atoms with Gasteiger partial charge in [-0.25, -0.2) is 14.4 Å². The summed E-state index contributed by atoms with van der Waals surface area (Å²) in [5.74, 6) is -0.357. The largest absolute Gasteiger partial charge is 0.481 e. The molecule has 3 aliphatic carbocycles. The number of fused-ring (bicyclic) bond motifs is 1. The van der Waals surface area contributed by atoms with Crippen LogP contribution in [0.15, 0.2) is 83.6 Å². The minimum atomic E-state index is -1.03. The summed E-state index contributed by atoms with van der Waals surface area (Å²) in [5.41, 5.74) is 1.63. The molecule has 1 aliphatic heterocycles. The van der Waals surface area contributed by atoms with E-state index in [1.807, 2.05) is 0 Å². The highest BCUT2D eigenvalue weighted by atomic mass is 16.6. The van der Waals surface area contributed by atoms with Crippen molar-refractivity contribution in [1.82, 2.24) is 0 Å². The summed E-state index contributed by atoms with van der Waals surface area (Å²) in [5, 5.41) is 75.4. The highest BCUT2D eigenvalue weighted by Gasteiger charge is 2.37. The third kappa shape index (κ3) is 76.9. The molecule has 1 fully saturated rings. The second kappa shape index (κ2) is 90.5. The number of aliphatic hydroxyl groups is 2. The average Bonchev–Trinajstić information content (AvgIpc) is 0.825. The number of hydrogen-bond acceptors (Lipinski definition) is 20. The Morgan fingerprint density at radius 1 is 0.419 bits per heavy atom. The van der Waals surface area contributed by atoms with E-state index in [1.165, 1.54) is 218 Å². The van der Waals surface area contributed by atoms with Crippen LogP contribution in [0.2, 0.25) is 0 Å². The molecule has 0 amide bonds. The molecule has 11 unspecified atom stereocenters. The first-order chi connectivity index (χ1) is 59.6. The van der Waals surface area contributed by atoms with E-state index < -0.39 is 65.9 Å². The lowest BCUT2D eigenvalue weighted by Gasteiger charge is -2.41. The lowest BCUT2D eigenvalue weighted by atomic mass is 9.63. The topological polar surface area (TPSA) is 470 Å². The molecule has 0 bridgehead atoms. The predicted octanol–water partition coefficient (Wildman–Crippen LogP) is 21.9. The number of carbonyl (C=O) groups excluding carboxylic acids is 8. The first kappa shape index (κ1) is 124. The zero-order chi connectivity index (χ0) is 94.2. The zero-order valence-electron chi connectivity index (χ0n) is 76.3. The lowest BCUT2D eigenvalue weighted by molar-refractivity contribution is -0.193. The van der Waals surface area contributed by atoms with E-state index in [9.17, 15) is 43.2 Å². The Bertz CT molecular complexity index is 3030. The molecular weight excluding hydrogens is 1600 g/mol. The van der Waals surface area contributed by atoms with Crippen LogP contribution in [0.3, 0.4) is 0 Å². The summed E-state index contributed by atoms with van der Waals surface area (Å²) in [6, 6.07) is 2.92. The number of hydrogen-bond donors (Lipinski definition) is 9. The van der Waals surface area contributed by atoms with Gasteiger partial charge in [0.2, 0.25) is 5.76 Å². The van der Waals surface area contributed by atoms with Gasteiger partial charge < -0.3 is 59.8 Å².